The van der Waals surface area contributed by atoms with E-state index in [0.717, 1.165) is 38.7 Å². The first kappa shape index (κ1) is 20.9. The first-order valence-electron chi connectivity index (χ1n) is 10.8. The zero-order valence-electron chi connectivity index (χ0n) is 18.4. The second-order valence-corrected chi connectivity index (χ2v) is 11.2. The van der Waals surface area contributed by atoms with Gasteiger partial charge in [-0.15, -0.1) is 23.1 Å². The molecule has 5 rings (SSSR count). The second kappa shape index (κ2) is 8.15. The lowest BCUT2D eigenvalue weighted by molar-refractivity contribution is -0.0402. The molecule has 160 valence electrons. The van der Waals surface area contributed by atoms with E-state index >= 15 is 0 Å². The number of rotatable bonds is 5. The number of thiophene rings is 1. The molecule has 6 heteroatoms. The number of hydrogen-bond acceptors (Lipinski definition) is 6. The highest BCUT2D eigenvalue weighted by molar-refractivity contribution is 7.98. The lowest BCUT2D eigenvalue weighted by atomic mass is 9.88. The Hall–Kier alpha value is -2.02. The summed E-state index contributed by atoms with van der Waals surface area (Å²) < 4.78 is 7.34. The fourth-order valence-electron chi connectivity index (χ4n) is 4.24. The highest BCUT2D eigenvalue weighted by Crippen LogP contribution is 2.43. The number of benzene rings is 1. The molecule has 1 aliphatic heterocycles. The van der Waals surface area contributed by atoms with E-state index in [-0.39, 0.29) is 5.60 Å². The molecule has 0 amide bonds. The van der Waals surface area contributed by atoms with E-state index in [0.29, 0.717) is 12.5 Å². The molecule has 4 nitrogen and oxygen atoms in total. The van der Waals surface area contributed by atoms with Crippen LogP contribution in [0.4, 0.5) is 0 Å². The van der Waals surface area contributed by atoms with Gasteiger partial charge in [-0.1, -0.05) is 44.2 Å². The molecule has 0 atom stereocenters. The summed E-state index contributed by atoms with van der Waals surface area (Å²) in [6, 6.07) is 10.5. The van der Waals surface area contributed by atoms with E-state index in [9.17, 15) is 0 Å². The highest BCUT2D eigenvalue weighted by atomic mass is 32.2. The van der Waals surface area contributed by atoms with Crippen molar-refractivity contribution in [1.29, 1.82) is 0 Å². The highest BCUT2D eigenvalue weighted by Gasteiger charge is 2.31. The first-order chi connectivity index (χ1) is 14.9. The molecule has 0 saturated heterocycles. The van der Waals surface area contributed by atoms with E-state index < -0.39 is 0 Å². The maximum absolute atomic E-state index is 6.19. The predicted octanol–water partition coefficient (Wildman–Crippen LogP) is 6.58. The Labute approximate surface area is 191 Å². The van der Waals surface area contributed by atoms with Gasteiger partial charge in [0.1, 0.15) is 16.2 Å². The van der Waals surface area contributed by atoms with Crippen LogP contribution in [0.5, 0.6) is 0 Å². The molecule has 0 fully saturated rings. The summed E-state index contributed by atoms with van der Waals surface area (Å²) >= 11 is 3.52. The van der Waals surface area contributed by atoms with Crippen molar-refractivity contribution in [3.8, 4) is 0 Å². The summed E-state index contributed by atoms with van der Waals surface area (Å²) in [5.74, 6) is 1.45. The van der Waals surface area contributed by atoms with Gasteiger partial charge in [-0.05, 0) is 37.3 Å². The Kier molecular flexibility index (Phi) is 5.49. The number of pyridine rings is 1. The van der Waals surface area contributed by atoms with Gasteiger partial charge in [0.2, 0.25) is 0 Å². The molecule has 0 saturated carbocycles. The number of fused-ring (bicyclic) bond motifs is 5. The maximum atomic E-state index is 6.19. The molecule has 3 aromatic heterocycles. The smallest absolute Gasteiger partial charge is 0.126 e. The van der Waals surface area contributed by atoms with Gasteiger partial charge >= 0.3 is 0 Å². The summed E-state index contributed by atoms with van der Waals surface area (Å²) in [7, 11) is 0. The monoisotopic (exact) mass is 449 g/mol. The molecule has 0 aliphatic carbocycles. The van der Waals surface area contributed by atoms with Crippen molar-refractivity contribution in [2.45, 2.75) is 63.5 Å². The fraction of sp³-hybridized carbons (Fsp3) is 0.400. The third-order valence-electron chi connectivity index (χ3n) is 5.70. The van der Waals surface area contributed by atoms with Crippen LogP contribution in [0.25, 0.3) is 20.4 Å². The van der Waals surface area contributed by atoms with Crippen molar-refractivity contribution in [1.82, 2.24) is 15.0 Å². The molecule has 31 heavy (non-hydrogen) atoms. The maximum Gasteiger partial charge on any atom is 0.126 e. The molecular weight excluding hydrogens is 422 g/mol. The molecule has 1 aromatic carbocycles. The Morgan fingerprint density at radius 1 is 1.13 bits per heavy atom. The molecule has 0 N–H and O–H groups in total. The number of thioether (sulfide) groups is 1. The van der Waals surface area contributed by atoms with Crippen LogP contribution < -0.4 is 0 Å². The Morgan fingerprint density at radius 3 is 2.71 bits per heavy atom. The topological polar surface area (TPSA) is 47.9 Å². The van der Waals surface area contributed by atoms with Crippen molar-refractivity contribution in [3.05, 3.63) is 59.0 Å². The molecular formula is C25H27N3OS2. The third kappa shape index (κ3) is 4.09. The Bertz CT molecular complexity index is 1250. The number of ether oxygens (including phenoxy) is 1. The van der Waals surface area contributed by atoms with E-state index in [1.54, 1.807) is 29.4 Å². The molecule has 1 aliphatic rings. The van der Waals surface area contributed by atoms with Crippen LogP contribution in [0, 0.1) is 5.92 Å². The normalized spacial score (nSPS) is 15.6. The number of aromatic nitrogens is 3. The standard InChI is InChI=1S/C25H27N3OS2/c1-15(2)10-19-18-12-29-25(3,4)11-17(18)20-21-22(31-23(20)28-19)24(27-14-26-21)30-13-16-8-6-5-7-9-16/h5-9,14-15H,10-13H2,1-4H3. The average molecular weight is 450 g/mol. The minimum atomic E-state index is -0.178. The van der Waals surface area contributed by atoms with E-state index in [1.165, 1.54) is 27.8 Å². The summed E-state index contributed by atoms with van der Waals surface area (Å²) in [6.45, 7) is 9.48. The van der Waals surface area contributed by atoms with E-state index in [1.807, 2.05) is 0 Å². The molecule has 4 heterocycles. The zero-order chi connectivity index (χ0) is 21.6. The summed E-state index contributed by atoms with van der Waals surface area (Å²) in [5, 5.41) is 2.25. The minimum Gasteiger partial charge on any atom is -0.370 e. The van der Waals surface area contributed by atoms with Crippen molar-refractivity contribution in [3.63, 3.8) is 0 Å². The van der Waals surface area contributed by atoms with E-state index in [2.05, 4.69) is 63.0 Å². The number of nitrogens with zero attached hydrogens (tertiary/aromatic N) is 3. The zero-order valence-corrected chi connectivity index (χ0v) is 20.1. The molecule has 4 aromatic rings. The van der Waals surface area contributed by atoms with Gasteiger partial charge in [0.05, 0.1) is 22.4 Å². The van der Waals surface area contributed by atoms with Crippen LogP contribution in [0.2, 0.25) is 0 Å². The quantitative estimate of drug-likeness (QED) is 0.254. The van der Waals surface area contributed by atoms with E-state index in [4.69, 9.17) is 14.7 Å². The van der Waals surface area contributed by atoms with Gasteiger partial charge < -0.3 is 4.74 Å². The lowest BCUT2D eigenvalue weighted by Crippen LogP contribution is -2.33. The predicted molar refractivity (Wildman–Crippen MR) is 130 cm³/mol. The van der Waals surface area contributed by atoms with Crippen molar-refractivity contribution in [2.75, 3.05) is 0 Å². The Morgan fingerprint density at radius 2 is 1.94 bits per heavy atom. The van der Waals surface area contributed by atoms with Crippen LogP contribution in [0.15, 0.2) is 41.7 Å². The van der Waals surface area contributed by atoms with Gasteiger partial charge in [-0.25, -0.2) is 15.0 Å². The van der Waals surface area contributed by atoms with Crippen molar-refractivity contribution in [2.24, 2.45) is 5.92 Å². The lowest BCUT2D eigenvalue weighted by Gasteiger charge is -2.33. The van der Waals surface area contributed by atoms with Crippen LogP contribution >= 0.6 is 23.1 Å². The Balaban J connectivity index is 1.65. The fourth-order valence-corrected chi connectivity index (χ4v) is 6.45. The molecule has 0 radical (unpaired) electrons. The third-order valence-corrected chi connectivity index (χ3v) is 7.97. The largest absolute Gasteiger partial charge is 0.370 e. The van der Waals surface area contributed by atoms with Gasteiger partial charge in [0.15, 0.2) is 0 Å². The minimum absolute atomic E-state index is 0.178. The van der Waals surface area contributed by atoms with Gasteiger partial charge in [-0.2, -0.15) is 0 Å². The summed E-state index contributed by atoms with van der Waals surface area (Å²) in [6.07, 6.45) is 3.56. The molecule has 0 unspecified atom stereocenters. The SMILES string of the molecule is CC(C)Cc1nc2sc3c(SCc4ccccc4)ncnc3c2c2c1COC(C)(C)C2. The summed E-state index contributed by atoms with van der Waals surface area (Å²) in [5.41, 5.74) is 6.00. The van der Waals surface area contributed by atoms with Gasteiger partial charge in [0, 0.05) is 28.8 Å². The van der Waals surface area contributed by atoms with Crippen LogP contribution in [0.1, 0.15) is 50.1 Å². The van der Waals surface area contributed by atoms with Gasteiger partial charge in [-0.3, -0.25) is 0 Å². The van der Waals surface area contributed by atoms with Crippen LogP contribution in [-0.4, -0.2) is 20.6 Å². The van der Waals surface area contributed by atoms with Crippen molar-refractivity contribution < 1.29 is 4.74 Å². The first-order valence-corrected chi connectivity index (χ1v) is 12.6. The van der Waals surface area contributed by atoms with Crippen molar-refractivity contribution >= 4 is 43.5 Å². The number of hydrogen-bond donors (Lipinski definition) is 0. The average Bonchev–Trinajstić information content (AvgIpc) is 3.11. The molecule has 0 spiro atoms. The summed E-state index contributed by atoms with van der Waals surface area (Å²) in [4.78, 5) is 15.6. The molecule has 0 bridgehead atoms. The van der Waals surface area contributed by atoms with Gasteiger partial charge in [0.25, 0.3) is 0 Å². The van der Waals surface area contributed by atoms with Crippen LogP contribution in [0.3, 0.4) is 0 Å². The second-order valence-electron chi connectivity index (χ2n) is 9.25. The van der Waals surface area contributed by atoms with Crippen LogP contribution in [-0.2, 0) is 29.9 Å².